The second-order valence-corrected chi connectivity index (χ2v) is 3.99. The van der Waals surface area contributed by atoms with E-state index < -0.39 is 42.9 Å². The minimum absolute atomic E-state index is 0.169. The summed E-state index contributed by atoms with van der Waals surface area (Å²) >= 11 is 0. The Morgan fingerprint density at radius 3 is 2.50 bits per heavy atom. The number of ether oxygens (including phenoxy) is 2. The first kappa shape index (κ1) is 14.9. The van der Waals surface area contributed by atoms with Gasteiger partial charge in [-0.3, -0.25) is 0 Å². The number of nitrogens with two attached hydrogens (primary N) is 1. The van der Waals surface area contributed by atoms with Gasteiger partial charge in [-0.05, 0) is 0 Å². The van der Waals surface area contributed by atoms with Crippen molar-refractivity contribution < 1.29 is 34.7 Å². The quantitative estimate of drug-likeness (QED) is 0.363. The molecule has 1 aliphatic heterocycles. The van der Waals surface area contributed by atoms with Crippen molar-refractivity contribution in [3.05, 3.63) is 12.7 Å². The molecular formula is C10H17NO7. The molecule has 104 valence electrons. The van der Waals surface area contributed by atoms with Gasteiger partial charge in [-0.15, -0.1) is 6.58 Å². The molecule has 0 aliphatic carbocycles. The molecule has 5 atom stereocenters. The summed E-state index contributed by atoms with van der Waals surface area (Å²) in [6.07, 6.45) is -6.23. The Morgan fingerprint density at radius 1 is 1.44 bits per heavy atom. The molecule has 18 heavy (non-hydrogen) atoms. The molecule has 1 aliphatic rings. The fourth-order valence-electron chi connectivity index (χ4n) is 1.87. The van der Waals surface area contributed by atoms with E-state index in [4.69, 9.17) is 20.3 Å². The molecular weight excluding hydrogens is 246 g/mol. The SMILES string of the molecule is C=CCC1(OC(N)=O)O[C@H](CO)[C@@H](O)[C@H](O)[C@H]1O. The van der Waals surface area contributed by atoms with Crippen molar-refractivity contribution in [2.24, 2.45) is 5.73 Å². The first-order chi connectivity index (χ1) is 8.38. The number of aliphatic hydroxyl groups is 4. The zero-order valence-electron chi connectivity index (χ0n) is 9.60. The molecule has 1 amide bonds. The van der Waals surface area contributed by atoms with Crippen molar-refractivity contribution in [2.75, 3.05) is 6.61 Å². The monoisotopic (exact) mass is 263 g/mol. The van der Waals surface area contributed by atoms with Crippen LogP contribution in [0.2, 0.25) is 0 Å². The molecule has 0 aromatic heterocycles. The van der Waals surface area contributed by atoms with Crippen LogP contribution in [0.25, 0.3) is 0 Å². The van der Waals surface area contributed by atoms with E-state index in [1.54, 1.807) is 0 Å². The lowest BCUT2D eigenvalue weighted by atomic mass is 9.90. The number of aliphatic hydroxyl groups excluding tert-OH is 4. The Morgan fingerprint density at radius 2 is 2.06 bits per heavy atom. The summed E-state index contributed by atoms with van der Waals surface area (Å²) < 4.78 is 9.86. The second kappa shape index (κ2) is 5.63. The maximum atomic E-state index is 10.8. The highest BCUT2D eigenvalue weighted by Crippen LogP contribution is 2.34. The van der Waals surface area contributed by atoms with Gasteiger partial charge in [0.25, 0.3) is 0 Å². The molecule has 0 aromatic rings. The van der Waals surface area contributed by atoms with Crippen LogP contribution >= 0.6 is 0 Å². The average Bonchev–Trinajstić information content (AvgIpc) is 2.31. The van der Waals surface area contributed by atoms with Gasteiger partial charge in [0.05, 0.1) is 6.61 Å². The summed E-state index contributed by atoms with van der Waals surface area (Å²) in [7, 11) is 0. The maximum Gasteiger partial charge on any atom is 0.407 e. The van der Waals surface area contributed by atoms with Crippen LogP contribution in [0.4, 0.5) is 4.79 Å². The smallest absolute Gasteiger partial charge is 0.407 e. The van der Waals surface area contributed by atoms with Crippen LogP contribution in [0, 0.1) is 0 Å². The second-order valence-electron chi connectivity index (χ2n) is 3.99. The molecule has 8 heteroatoms. The predicted molar refractivity (Wildman–Crippen MR) is 58.2 cm³/mol. The summed E-state index contributed by atoms with van der Waals surface area (Å²) in [5.41, 5.74) is 4.87. The molecule has 0 aromatic carbocycles. The van der Waals surface area contributed by atoms with Gasteiger partial charge in [0, 0.05) is 6.42 Å². The van der Waals surface area contributed by atoms with E-state index in [9.17, 15) is 20.1 Å². The lowest BCUT2D eigenvalue weighted by molar-refractivity contribution is -0.343. The molecule has 0 bridgehead atoms. The number of amides is 1. The number of hydrogen-bond acceptors (Lipinski definition) is 7. The number of primary amides is 1. The molecule has 1 saturated heterocycles. The van der Waals surface area contributed by atoms with Crippen LogP contribution in [0.1, 0.15) is 6.42 Å². The van der Waals surface area contributed by atoms with E-state index in [0.29, 0.717) is 0 Å². The predicted octanol–water partition coefficient (Wildman–Crippen LogP) is -2.17. The van der Waals surface area contributed by atoms with Crippen molar-refractivity contribution in [3.63, 3.8) is 0 Å². The Hall–Kier alpha value is -1.19. The lowest BCUT2D eigenvalue weighted by Crippen LogP contribution is -2.66. The summed E-state index contributed by atoms with van der Waals surface area (Å²) in [5, 5.41) is 38.1. The molecule has 1 rings (SSSR count). The fraction of sp³-hybridized carbons (Fsp3) is 0.700. The van der Waals surface area contributed by atoms with Gasteiger partial charge < -0.3 is 35.6 Å². The zero-order valence-corrected chi connectivity index (χ0v) is 9.60. The van der Waals surface area contributed by atoms with Gasteiger partial charge in [0.2, 0.25) is 5.79 Å². The molecule has 8 nitrogen and oxygen atoms in total. The Bertz CT molecular complexity index is 321. The molecule has 6 N–H and O–H groups in total. The molecule has 1 heterocycles. The number of hydrogen-bond donors (Lipinski definition) is 5. The van der Waals surface area contributed by atoms with Crippen LogP contribution < -0.4 is 5.73 Å². The van der Waals surface area contributed by atoms with Crippen LogP contribution in [0.5, 0.6) is 0 Å². The van der Waals surface area contributed by atoms with Gasteiger partial charge >= 0.3 is 6.09 Å². The summed E-state index contributed by atoms with van der Waals surface area (Å²) in [5.74, 6) is -1.97. The van der Waals surface area contributed by atoms with Crippen molar-refractivity contribution >= 4 is 6.09 Å². The molecule has 0 radical (unpaired) electrons. The standard InChI is InChI=1S/C10H17NO7/c1-2-3-10(18-9(11)16)8(15)7(14)6(13)5(4-12)17-10/h2,5-8,12-15H,1,3-4H2,(H2,11,16)/t5-,6-,7+,8-,10?/m1/s1. The minimum atomic E-state index is -1.97. The highest BCUT2D eigenvalue weighted by Gasteiger charge is 2.55. The van der Waals surface area contributed by atoms with Gasteiger partial charge in [-0.1, -0.05) is 6.08 Å². The summed E-state index contributed by atoms with van der Waals surface area (Å²) in [4.78, 5) is 10.8. The number of rotatable bonds is 4. The molecule has 1 fully saturated rings. The molecule has 0 spiro atoms. The normalized spacial score (nSPS) is 40.2. The minimum Gasteiger partial charge on any atom is -0.414 e. The maximum absolute atomic E-state index is 10.8. The Labute approximate surface area is 103 Å². The van der Waals surface area contributed by atoms with E-state index in [-0.39, 0.29) is 6.42 Å². The third-order valence-electron chi connectivity index (χ3n) is 2.74. The molecule has 0 saturated carbocycles. The molecule has 1 unspecified atom stereocenters. The first-order valence-electron chi connectivity index (χ1n) is 5.30. The third-order valence-corrected chi connectivity index (χ3v) is 2.74. The fourth-order valence-corrected chi connectivity index (χ4v) is 1.87. The van der Waals surface area contributed by atoms with Gasteiger partial charge in [0.1, 0.15) is 24.4 Å². The average molecular weight is 263 g/mol. The van der Waals surface area contributed by atoms with E-state index in [1.807, 2.05) is 0 Å². The highest BCUT2D eigenvalue weighted by molar-refractivity contribution is 5.65. The highest BCUT2D eigenvalue weighted by atomic mass is 16.7. The zero-order chi connectivity index (χ0) is 13.9. The van der Waals surface area contributed by atoms with Gasteiger partial charge in [-0.2, -0.15) is 0 Å². The Kier molecular flexibility index (Phi) is 4.65. The summed E-state index contributed by atoms with van der Waals surface area (Å²) in [6.45, 7) is 2.77. The van der Waals surface area contributed by atoms with Crippen molar-refractivity contribution in [1.29, 1.82) is 0 Å². The number of carbonyl (C=O) groups is 1. The Balaban J connectivity index is 3.05. The van der Waals surface area contributed by atoms with Crippen molar-refractivity contribution in [3.8, 4) is 0 Å². The van der Waals surface area contributed by atoms with E-state index in [2.05, 4.69) is 6.58 Å². The number of carbonyl (C=O) groups excluding carboxylic acids is 1. The van der Waals surface area contributed by atoms with Crippen LogP contribution in [0.15, 0.2) is 12.7 Å². The van der Waals surface area contributed by atoms with Crippen molar-refractivity contribution in [2.45, 2.75) is 36.6 Å². The van der Waals surface area contributed by atoms with E-state index in [1.165, 1.54) is 6.08 Å². The first-order valence-corrected chi connectivity index (χ1v) is 5.30. The topological polar surface area (TPSA) is 142 Å². The van der Waals surface area contributed by atoms with Crippen LogP contribution in [-0.2, 0) is 9.47 Å². The lowest BCUT2D eigenvalue weighted by Gasteiger charge is -2.46. The van der Waals surface area contributed by atoms with E-state index >= 15 is 0 Å². The largest absolute Gasteiger partial charge is 0.414 e. The summed E-state index contributed by atoms with van der Waals surface area (Å²) in [6, 6.07) is 0. The van der Waals surface area contributed by atoms with E-state index in [0.717, 1.165) is 0 Å². The third kappa shape index (κ3) is 2.62. The van der Waals surface area contributed by atoms with Crippen LogP contribution in [0.3, 0.4) is 0 Å². The van der Waals surface area contributed by atoms with Gasteiger partial charge in [0.15, 0.2) is 0 Å². The van der Waals surface area contributed by atoms with Crippen molar-refractivity contribution in [1.82, 2.24) is 0 Å². The van der Waals surface area contributed by atoms with Gasteiger partial charge in [-0.25, -0.2) is 4.79 Å². The van der Waals surface area contributed by atoms with Crippen LogP contribution in [-0.4, -0.2) is 63.3 Å².